The van der Waals surface area contributed by atoms with Gasteiger partial charge in [0.1, 0.15) is 18.4 Å². The van der Waals surface area contributed by atoms with Crippen molar-refractivity contribution in [3.8, 4) is 5.75 Å². The third-order valence-electron chi connectivity index (χ3n) is 6.67. The number of hydrogen-bond acceptors (Lipinski definition) is 6. The Balaban J connectivity index is 0.00000124. The molecule has 2 aromatic rings. The molecular weight excluding hydrogens is 458 g/mol. The van der Waals surface area contributed by atoms with Crippen LogP contribution in [0.2, 0.25) is 0 Å². The first-order chi connectivity index (χ1) is 17.6. The molecule has 1 N–H and O–H groups in total. The van der Waals surface area contributed by atoms with E-state index in [1.165, 1.54) is 5.56 Å². The molecule has 3 heterocycles. The van der Waals surface area contributed by atoms with E-state index in [0.29, 0.717) is 43.7 Å². The van der Waals surface area contributed by atoms with Crippen molar-refractivity contribution in [2.45, 2.75) is 58.8 Å². The van der Waals surface area contributed by atoms with Crippen molar-refractivity contribution in [1.82, 2.24) is 15.1 Å². The Bertz CT molecular complexity index is 1090. The van der Waals surface area contributed by atoms with Gasteiger partial charge in [0.2, 0.25) is 11.8 Å². The van der Waals surface area contributed by atoms with E-state index in [1.807, 2.05) is 19.9 Å². The number of benzene rings is 2. The maximum absolute atomic E-state index is 12.9. The molecule has 0 radical (unpaired) electrons. The molecule has 1 atom stereocenters. The van der Waals surface area contributed by atoms with Crippen LogP contribution >= 0.6 is 0 Å². The van der Waals surface area contributed by atoms with Crippen LogP contribution in [0.1, 0.15) is 61.6 Å². The van der Waals surface area contributed by atoms with Crippen molar-refractivity contribution >= 4 is 17.7 Å². The number of morpholine rings is 1. The average Bonchev–Trinajstić information content (AvgIpc) is 3.12. The zero-order chi connectivity index (χ0) is 25.5. The Morgan fingerprint density at radius 1 is 1.03 bits per heavy atom. The predicted molar refractivity (Wildman–Crippen MR) is 137 cm³/mol. The molecule has 2 fully saturated rings. The predicted octanol–water partition coefficient (Wildman–Crippen LogP) is 3.52. The third kappa shape index (κ3) is 6.12. The molecular formula is C28H37N3O5. The molecule has 8 nitrogen and oxygen atoms in total. The number of carbonyl (C=O) groups is 3. The summed E-state index contributed by atoms with van der Waals surface area (Å²) in [6, 6.07) is 13.3. The Hall–Kier alpha value is -3.23. The van der Waals surface area contributed by atoms with Crippen molar-refractivity contribution in [1.29, 1.82) is 0 Å². The minimum Gasteiger partial charge on any atom is -0.489 e. The van der Waals surface area contributed by atoms with Gasteiger partial charge in [-0.3, -0.25) is 24.6 Å². The lowest BCUT2D eigenvalue weighted by atomic mass is 10.1. The Morgan fingerprint density at radius 3 is 2.50 bits per heavy atom. The average molecular weight is 496 g/mol. The van der Waals surface area contributed by atoms with Crippen LogP contribution in [0.4, 0.5) is 0 Å². The number of nitrogens with zero attached hydrogens (tertiary/aromatic N) is 2. The fourth-order valence-corrected chi connectivity index (χ4v) is 4.75. The van der Waals surface area contributed by atoms with Gasteiger partial charge in [-0.1, -0.05) is 38.1 Å². The first-order valence-electron chi connectivity index (χ1n) is 12.8. The Morgan fingerprint density at radius 2 is 1.75 bits per heavy atom. The van der Waals surface area contributed by atoms with Crippen molar-refractivity contribution in [2.75, 3.05) is 26.3 Å². The number of carbonyl (C=O) groups excluding carboxylic acids is 3. The lowest BCUT2D eigenvalue weighted by Gasteiger charge is -2.26. The van der Waals surface area contributed by atoms with Gasteiger partial charge < -0.3 is 14.4 Å². The summed E-state index contributed by atoms with van der Waals surface area (Å²) in [6.07, 6.45) is 1.38. The fraction of sp³-hybridized carbons (Fsp3) is 0.464. The Labute approximate surface area is 214 Å². The van der Waals surface area contributed by atoms with E-state index in [9.17, 15) is 14.4 Å². The molecule has 0 aliphatic carbocycles. The van der Waals surface area contributed by atoms with Crippen molar-refractivity contribution in [2.24, 2.45) is 0 Å². The summed E-state index contributed by atoms with van der Waals surface area (Å²) in [5.74, 6) is -0.156. The molecule has 3 aliphatic rings. The van der Waals surface area contributed by atoms with Crippen molar-refractivity contribution < 1.29 is 25.3 Å². The van der Waals surface area contributed by atoms with E-state index in [0.717, 1.165) is 44.0 Å². The first-order valence-corrected chi connectivity index (χ1v) is 12.8. The van der Waals surface area contributed by atoms with Crippen LogP contribution in [0.15, 0.2) is 42.5 Å². The number of nitrogens with one attached hydrogen (secondary N) is 1. The van der Waals surface area contributed by atoms with Gasteiger partial charge in [0.05, 0.1) is 13.2 Å². The summed E-state index contributed by atoms with van der Waals surface area (Å²) in [7, 11) is 0. The minimum atomic E-state index is -0.619. The molecule has 2 saturated heterocycles. The molecule has 0 aromatic heterocycles. The molecule has 3 amide bonds. The highest BCUT2D eigenvalue weighted by Gasteiger charge is 2.38. The standard InChI is InChI=1S/C26H29N3O5.C2H6.H2/c30-24-3-1-2-23(25(31)27-24)29-16-20-14-21(8-9-22(20)26(29)32)34-17-19-6-4-18(5-7-19)15-28-10-12-33-13-11-28;1-2;/h4-9,14,23H,1-3,10-13,15-17H2,(H,27,30,31);1-2H3;1H/t23-;;/m0../s1. The van der Waals surface area contributed by atoms with E-state index in [2.05, 4.69) is 34.5 Å². The maximum atomic E-state index is 12.9. The molecule has 36 heavy (non-hydrogen) atoms. The van der Waals surface area contributed by atoms with Gasteiger partial charge in [-0.2, -0.15) is 0 Å². The second-order valence-corrected chi connectivity index (χ2v) is 9.07. The molecule has 0 saturated carbocycles. The van der Waals surface area contributed by atoms with Crippen LogP contribution in [0.3, 0.4) is 0 Å². The lowest BCUT2D eigenvalue weighted by molar-refractivity contribution is -0.132. The van der Waals surface area contributed by atoms with E-state index >= 15 is 0 Å². The molecule has 0 spiro atoms. The largest absolute Gasteiger partial charge is 0.489 e. The van der Waals surface area contributed by atoms with Crippen molar-refractivity contribution in [3.05, 3.63) is 64.7 Å². The third-order valence-corrected chi connectivity index (χ3v) is 6.67. The minimum absolute atomic E-state index is 0. The number of imide groups is 1. The highest BCUT2D eigenvalue weighted by molar-refractivity contribution is 6.04. The monoisotopic (exact) mass is 495 g/mol. The normalized spacial score (nSPS) is 20.2. The number of hydrogen-bond donors (Lipinski definition) is 1. The van der Waals surface area contributed by atoms with Gasteiger partial charge in [-0.25, -0.2) is 0 Å². The molecule has 8 heteroatoms. The number of ether oxygens (including phenoxy) is 2. The molecule has 194 valence electrons. The molecule has 3 aliphatic heterocycles. The van der Waals surface area contributed by atoms with Crippen LogP contribution in [-0.2, 0) is 34.0 Å². The summed E-state index contributed by atoms with van der Waals surface area (Å²) in [6.45, 7) is 9.22. The quantitative estimate of drug-likeness (QED) is 0.617. The van der Waals surface area contributed by atoms with E-state index in [1.54, 1.807) is 17.0 Å². The van der Waals surface area contributed by atoms with Gasteiger partial charge in [0.15, 0.2) is 0 Å². The molecule has 0 unspecified atom stereocenters. The summed E-state index contributed by atoms with van der Waals surface area (Å²) >= 11 is 0. The number of fused-ring (bicyclic) bond motifs is 1. The summed E-state index contributed by atoms with van der Waals surface area (Å²) < 4.78 is 11.4. The zero-order valence-corrected chi connectivity index (χ0v) is 21.1. The van der Waals surface area contributed by atoms with Crippen LogP contribution in [0, 0.1) is 0 Å². The highest BCUT2D eigenvalue weighted by Crippen LogP contribution is 2.30. The smallest absolute Gasteiger partial charge is 0.255 e. The van der Waals surface area contributed by atoms with E-state index in [4.69, 9.17) is 9.47 Å². The Kier molecular flexibility index (Phi) is 8.72. The van der Waals surface area contributed by atoms with Crippen molar-refractivity contribution in [3.63, 3.8) is 0 Å². The lowest BCUT2D eigenvalue weighted by Crippen LogP contribution is -2.46. The van der Waals surface area contributed by atoms with Gasteiger partial charge in [-0.15, -0.1) is 0 Å². The summed E-state index contributed by atoms with van der Waals surface area (Å²) in [5, 5.41) is 2.39. The van der Waals surface area contributed by atoms with E-state index in [-0.39, 0.29) is 13.2 Å². The van der Waals surface area contributed by atoms with Gasteiger partial charge >= 0.3 is 0 Å². The van der Waals surface area contributed by atoms with Crippen LogP contribution < -0.4 is 10.1 Å². The van der Waals surface area contributed by atoms with Gasteiger partial charge in [-0.05, 0) is 47.7 Å². The zero-order valence-electron chi connectivity index (χ0n) is 21.1. The second kappa shape index (κ2) is 12.1. The first kappa shape index (κ1) is 25.9. The number of rotatable bonds is 6. The van der Waals surface area contributed by atoms with Crippen LogP contribution in [-0.4, -0.2) is 59.9 Å². The van der Waals surface area contributed by atoms with Crippen LogP contribution in [0.5, 0.6) is 5.75 Å². The summed E-state index contributed by atoms with van der Waals surface area (Å²) in [4.78, 5) is 40.9. The molecule has 5 rings (SSSR count). The highest BCUT2D eigenvalue weighted by atomic mass is 16.5. The molecule has 0 bridgehead atoms. The fourth-order valence-electron chi connectivity index (χ4n) is 4.75. The second-order valence-electron chi connectivity index (χ2n) is 9.07. The topological polar surface area (TPSA) is 88.2 Å². The van der Waals surface area contributed by atoms with Gasteiger partial charge in [0, 0.05) is 39.6 Å². The SMILES string of the molecule is CC.O=C1CCC[C@H](N2Cc3cc(OCc4ccc(CN5CCOCC5)cc4)ccc3C2=O)C(=O)N1.[HH]. The summed E-state index contributed by atoms with van der Waals surface area (Å²) in [5.41, 5.74) is 3.77. The molecule has 2 aromatic carbocycles. The van der Waals surface area contributed by atoms with Gasteiger partial charge in [0.25, 0.3) is 5.91 Å². The number of amides is 3. The maximum Gasteiger partial charge on any atom is 0.255 e. The van der Waals surface area contributed by atoms with E-state index < -0.39 is 11.9 Å². The van der Waals surface area contributed by atoms with Crippen LogP contribution in [0.25, 0.3) is 0 Å².